The summed E-state index contributed by atoms with van der Waals surface area (Å²) in [6, 6.07) is 15.5. The van der Waals surface area contributed by atoms with Gasteiger partial charge in [0.1, 0.15) is 11.4 Å². The van der Waals surface area contributed by atoms with Crippen LogP contribution in [-0.4, -0.2) is 23.8 Å². The standard InChI is InChI=1S/C24H19BrClN3O5/c1-14-19(26)4-3-5-20(14)27-24(31)21(12-15-6-9-17(10-7-15)29(32)33)28-23(30)18-13-16(25)8-11-22(18)34-2/h3-13H,1-2H3,(H,27,31)(H,28,30)/b21-12-. The van der Waals surface area contributed by atoms with Gasteiger partial charge in [-0.3, -0.25) is 19.7 Å². The molecule has 0 spiro atoms. The predicted octanol–water partition coefficient (Wildman–Crippen LogP) is 5.74. The van der Waals surface area contributed by atoms with Gasteiger partial charge in [0.2, 0.25) is 0 Å². The normalized spacial score (nSPS) is 11.0. The molecular formula is C24H19BrClN3O5. The third-order valence-corrected chi connectivity index (χ3v) is 5.73. The number of amides is 2. The van der Waals surface area contributed by atoms with Gasteiger partial charge in [-0.1, -0.05) is 33.6 Å². The summed E-state index contributed by atoms with van der Waals surface area (Å²) in [7, 11) is 1.43. The summed E-state index contributed by atoms with van der Waals surface area (Å²) in [5.41, 5.74) is 1.63. The lowest BCUT2D eigenvalue weighted by Crippen LogP contribution is -2.31. The number of nitrogens with one attached hydrogen (secondary N) is 2. The van der Waals surface area contributed by atoms with Gasteiger partial charge in [-0.15, -0.1) is 0 Å². The van der Waals surface area contributed by atoms with Crippen molar-refractivity contribution >= 4 is 56.8 Å². The SMILES string of the molecule is COc1ccc(Br)cc1C(=O)N/C(=C\c1ccc([N+](=O)[O-])cc1)C(=O)Nc1cccc(Cl)c1C. The van der Waals surface area contributed by atoms with Crippen LogP contribution < -0.4 is 15.4 Å². The zero-order valence-corrected chi connectivity index (χ0v) is 20.4. The van der Waals surface area contributed by atoms with Crippen molar-refractivity contribution in [2.75, 3.05) is 12.4 Å². The number of nitro groups is 1. The maximum atomic E-state index is 13.2. The van der Waals surface area contributed by atoms with E-state index in [2.05, 4.69) is 26.6 Å². The van der Waals surface area contributed by atoms with Gasteiger partial charge in [-0.2, -0.15) is 0 Å². The molecule has 0 aromatic heterocycles. The van der Waals surface area contributed by atoms with Gasteiger partial charge in [0.15, 0.2) is 0 Å². The van der Waals surface area contributed by atoms with Crippen LogP contribution in [-0.2, 0) is 4.79 Å². The maximum absolute atomic E-state index is 13.2. The number of nitro benzene ring substituents is 1. The average molecular weight is 545 g/mol. The van der Waals surface area contributed by atoms with Crippen molar-refractivity contribution in [1.82, 2.24) is 5.32 Å². The molecule has 3 rings (SSSR count). The van der Waals surface area contributed by atoms with Crippen LogP contribution in [0.25, 0.3) is 6.08 Å². The minimum absolute atomic E-state index is 0.0831. The van der Waals surface area contributed by atoms with Gasteiger partial charge in [-0.25, -0.2) is 0 Å². The number of halogens is 2. The summed E-state index contributed by atoms with van der Waals surface area (Å²) in [5.74, 6) is -0.864. The van der Waals surface area contributed by atoms with Crippen molar-refractivity contribution < 1.29 is 19.2 Å². The van der Waals surface area contributed by atoms with E-state index in [0.717, 1.165) is 0 Å². The highest BCUT2D eigenvalue weighted by Crippen LogP contribution is 2.25. The maximum Gasteiger partial charge on any atom is 0.272 e. The lowest BCUT2D eigenvalue weighted by Gasteiger charge is -2.14. The molecule has 3 aromatic rings. The Balaban J connectivity index is 1.98. The number of carbonyl (C=O) groups is 2. The number of carbonyl (C=O) groups excluding carboxylic acids is 2. The first-order chi connectivity index (χ1) is 16.2. The first kappa shape index (κ1) is 24.9. The van der Waals surface area contributed by atoms with E-state index in [1.165, 1.54) is 37.5 Å². The fourth-order valence-corrected chi connectivity index (χ4v) is 3.53. The van der Waals surface area contributed by atoms with Crippen LogP contribution in [0.4, 0.5) is 11.4 Å². The first-order valence-electron chi connectivity index (χ1n) is 9.87. The summed E-state index contributed by atoms with van der Waals surface area (Å²) in [6.07, 6.45) is 1.42. The summed E-state index contributed by atoms with van der Waals surface area (Å²) in [5, 5.41) is 16.8. The smallest absolute Gasteiger partial charge is 0.272 e. The van der Waals surface area contributed by atoms with Crippen LogP contribution in [0.2, 0.25) is 5.02 Å². The van der Waals surface area contributed by atoms with E-state index in [9.17, 15) is 19.7 Å². The Kier molecular flexibility index (Phi) is 8.04. The van der Waals surface area contributed by atoms with Crippen LogP contribution in [0.1, 0.15) is 21.5 Å². The molecule has 0 aliphatic rings. The quantitative estimate of drug-likeness (QED) is 0.224. The molecule has 0 aliphatic carbocycles. The molecule has 0 bridgehead atoms. The first-order valence-corrected chi connectivity index (χ1v) is 11.0. The third kappa shape index (κ3) is 6.00. The number of hydrogen-bond acceptors (Lipinski definition) is 5. The van der Waals surface area contributed by atoms with Gasteiger partial charge in [0.25, 0.3) is 17.5 Å². The van der Waals surface area contributed by atoms with E-state index in [1.807, 2.05) is 0 Å². The second-order valence-electron chi connectivity index (χ2n) is 7.07. The van der Waals surface area contributed by atoms with Crippen LogP contribution in [0.15, 0.2) is 70.8 Å². The molecule has 0 saturated carbocycles. The van der Waals surface area contributed by atoms with Gasteiger partial charge in [-0.05, 0) is 66.6 Å². The molecule has 8 nitrogen and oxygen atoms in total. The number of anilines is 1. The summed E-state index contributed by atoms with van der Waals surface area (Å²) < 4.78 is 5.91. The van der Waals surface area contributed by atoms with Gasteiger partial charge in [0, 0.05) is 27.3 Å². The fourth-order valence-electron chi connectivity index (χ4n) is 3.00. The summed E-state index contributed by atoms with van der Waals surface area (Å²) >= 11 is 9.47. The molecule has 34 heavy (non-hydrogen) atoms. The van der Waals surface area contributed by atoms with Gasteiger partial charge >= 0.3 is 0 Å². The Morgan fingerprint density at radius 1 is 1.12 bits per heavy atom. The van der Waals surface area contributed by atoms with Gasteiger partial charge < -0.3 is 15.4 Å². The van der Waals surface area contributed by atoms with E-state index in [0.29, 0.717) is 32.1 Å². The highest BCUT2D eigenvalue weighted by molar-refractivity contribution is 9.10. The number of non-ortho nitro benzene ring substituents is 1. The molecule has 0 aliphatic heterocycles. The van der Waals surface area contributed by atoms with E-state index in [-0.39, 0.29) is 16.9 Å². The Labute approximate surface area is 208 Å². The summed E-state index contributed by atoms with van der Waals surface area (Å²) in [4.78, 5) is 36.6. The molecular weight excluding hydrogens is 526 g/mol. The zero-order chi connectivity index (χ0) is 24.8. The zero-order valence-electron chi connectivity index (χ0n) is 18.1. The molecule has 0 atom stereocenters. The monoisotopic (exact) mass is 543 g/mol. The van der Waals surface area contributed by atoms with Crippen molar-refractivity contribution in [3.8, 4) is 5.75 Å². The number of methoxy groups -OCH3 is 1. The number of rotatable bonds is 7. The lowest BCUT2D eigenvalue weighted by atomic mass is 10.1. The average Bonchev–Trinajstić information content (AvgIpc) is 2.81. The van der Waals surface area contributed by atoms with E-state index < -0.39 is 16.7 Å². The van der Waals surface area contributed by atoms with Crippen LogP contribution in [0.3, 0.4) is 0 Å². The highest BCUT2D eigenvalue weighted by Gasteiger charge is 2.19. The van der Waals surface area contributed by atoms with Crippen molar-refractivity contribution in [1.29, 1.82) is 0 Å². The lowest BCUT2D eigenvalue weighted by molar-refractivity contribution is -0.384. The molecule has 0 fully saturated rings. The Morgan fingerprint density at radius 3 is 2.47 bits per heavy atom. The van der Waals surface area contributed by atoms with E-state index in [4.69, 9.17) is 16.3 Å². The molecule has 0 radical (unpaired) electrons. The minimum atomic E-state index is -0.606. The van der Waals surface area contributed by atoms with Gasteiger partial charge in [0.05, 0.1) is 17.6 Å². The van der Waals surface area contributed by atoms with Crippen molar-refractivity contribution in [2.24, 2.45) is 0 Å². The Bertz CT molecular complexity index is 1290. The Hall–Kier alpha value is -3.69. The minimum Gasteiger partial charge on any atom is -0.496 e. The summed E-state index contributed by atoms with van der Waals surface area (Å²) in [6.45, 7) is 1.75. The molecule has 0 heterocycles. The van der Waals surface area contributed by atoms with Crippen molar-refractivity contribution in [3.63, 3.8) is 0 Å². The van der Waals surface area contributed by atoms with Crippen LogP contribution in [0.5, 0.6) is 5.75 Å². The fraction of sp³-hybridized carbons (Fsp3) is 0.0833. The molecule has 0 saturated heterocycles. The third-order valence-electron chi connectivity index (χ3n) is 4.83. The number of benzene rings is 3. The van der Waals surface area contributed by atoms with Crippen LogP contribution in [0, 0.1) is 17.0 Å². The second-order valence-corrected chi connectivity index (χ2v) is 8.39. The van der Waals surface area contributed by atoms with Crippen molar-refractivity contribution in [3.05, 3.63) is 103 Å². The highest BCUT2D eigenvalue weighted by atomic mass is 79.9. The second kappa shape index (κ2) is 11.0. The molecule has 2 N–H and O–H groups in total. The molecule has 10 heteroatoms. The largest absolute Gasteiger partial charge is 0.496 e. The molecule has 0 unspecified atom stereocenters. The number of nitrogens with zero attached hydrogens (tertiary/aromatic N) is 1. The number of ether oxygens (including phenoxy) is 1. The van der Waals surface area contributed by atoms with E-state index in [1.54, 1.807) is 43.3 Å². The Morgan fingerprint density at radius 2 is 1.82 bits per heavy atom. The number of hydrogen-bond donors (Lipinski definition) is 2. The predicted molar refractivity (Wildman–Crippen MR) is 134 cm³/mol. The van der Waals surface area contributed by atoms with Crippen LogP contribution >= 0.6 is 27.5 Å². The van der Waals surface area contributed by atoms with E-state index >= 15 is 0 Å². The van der Waals surface area contributed by atoms with Crippen molar-refractivity contribution in [2.45, 2.75) is 6.92 Å². The molecule has 3 aromatic carbocycles. The topological polar surface area (TPSA) is 111 Å². The molecule has 174 valence electrons. The molecule has 2 amide bonds.